The van der Waals surface area contributed by atoms with Crippen molar-refractivity contribution in [3.05, 3.63) is 59.5 Å². The second kappa shape index (κ2) is 10.5. The van der Waals surface area contributed by atoms with Crippen molar-refractivity contribution in [1.29, 1.82) is 5.26 Å². The molecule has 0 unspecified atom stereocenters. The van der Waals surface area contributed by atoms with Gasteiger partial charge in [0.05, 0.1) is 0 Å². The molecular formula is C24H26N5O9P. The standard InChI is InChI=1S/C24H26N5O9P/c1-3-33-23(31)16-7-5-4-6-15(16)10-34-39(32)35-11-18-20(38-39)21(36-14(2)30)24(12-25,37-18)19-9-8-17-22(26)27-13-28-29(17)19/h4-9,13,18,20-21,32,39H,3,10-11H2,1-2H3,(H2,26,27,28)/t18-,20-,21-,24+/m1/s1. The van der Waals surface area contributed by atoms with Crippen molar-refractivity contribution in [3.8, 4) is 6.07 Å². The van der Waals surface area contributed by atoms with Crippen LogP contribution in [-0.4, -0.2) is 63.0 Å². The van der Waals surface area contributed by atoms with Crippen LogP contribution in [-0.2, 0) is 44.8 Å². The van der Waals surface area contributed by atoms with Gasteiger partial charge >= 0.3 is 222 Å². The third-order valence-electron chi connectivity index (χ3n) is 6.36. The molecule has 3 aromatic rings. The molecule has 4 heterocycles. The molecule has 0 amide bonds. The summed E-state index contributed by atoms with van der Waals surface area (Å²) in [6, 6.07) is 11.9. The zero-order chi connectivity index (χ0) is 27.8. The first-order chi connectivity index (χ1) is 18.7. The molecule has 3 N–H and O–H groups in total. The average molecular weight is 559 g/mol. The minimum absolute atomic E-state index is 0.168. The van der Waals surface area contributed by atoms with Gasteiger partial charge in [-0.3, -0.25) is 0 Å². The van der Waals surface area contributed by atoms with Gasteiger partial charge in [-0.05, 0) is 0 Å². The summed E-state index contributed by atoms with van der Waals surface area (Å²) in [5.41, 5.74) is 5.38. The number of anilines is 1. The minimum atomic E-state index is -4.38. The van der Waals surface area contributed by atoms with Crippen LogP contribution in [0.1, 0.15) is 35.5 Å². The fourth-order valence-electron chi connectivity index (χ4n) is 4.67. The first-order valence-corrected chi connectivity index (χ1v) is 13.7. The van der Waals surface area contributed by atoms with E-state index in [9.17, 15) is 19.7 Å². The summed E-state index contributed by atoms with van der Waals surface area (Å²) < 4.78 is 35.3. The van der Waals surface area contributed by atoms with Crippen LogP contribution in [0.15, 0.2) is 42.7 Å². The summed E-state index contributed by atoms with van der Waals surface area (Å²) in [7, 11) is -4.38. The van der Waals surface area contributed by atoms with E-state index in [1.807, 2.05) is 0 Å². The quantitative estimate of drug-likeness (QED) is 0.314. The van der Waals surface area contributed by atoms with Crippen molar-refractivity contribution < 1.29 is 42.3 Å². The molecule has 0 radical (unpaired) electrons. The number of nitriles is 1. The summed E-state index contributed by atoms with van der Waals surface area (Å²) >= 11 is 0. The number of nitrogens with zero attached hydrogens (tertiary/aromatic N) is 4. The van der Waals surface area contributed by atoms with Crippen molar-refractivity contribution >= 4 is 31.4 Å². The topological polar surface area (TPSA) is 190 Å². The van der Waals surface area contributed by atoms with E-state index < -0.39 is 44.0 Å². The third-order valence-corrected chi connectivity index (χ3v) is 7.97. The van der Waals surface area contributed by atoms with Gasteiger partial charge in [-0.25, -0.2) is 0 Å². The zero-order valence-corrected chi connectivity index (χ0v) is 22.0. The Kier molecular flexibility index (Phi) is 7.21. The number of rotatable bonds is 7. The predicted molar refractivity (Wildman–Crippen MR) is 134 cm³/mol. The van der Waals surface area contributed by atoms with E-state index in [4.69, 9.17) is 33.5 Å². The number of hydrogen-bond acceptors (Lipinski definition) is 13. The second-order valence-electron chi connectivity index (χ2n) is 8.78. The Hall–Kier alpha value is -3.70. The number of nitrogens with two attached hydrogens (primary N) is 1. The van der Waals surface area contributed by atoms with Crippen LogP contribution in [0.25, 0.3) is 5.52 Å². The third kappa shape index (κ3) is 4.80. The van der Waals surface area contributed by atoms with Crippen molar-refractivity contribution in [3.63, 3.8) is 0 Å². The molecule has 2 aliphatic rings. The Balaban J connectivity index is 1.44. The van der Waals surface area contributed by atoms with Crippen LogP contribution in [0.4, 0.5) is 5.82 Å². The first kappa shape index (κ1) is 26.9. The van der Waals surface area contributed by atoms with Gasteiger partial charge in [0.1, 0.15) is 0 Å². The number of carbonyl (C=O) groups is 2. The van der Waals surface area contributed by atoms with Gasteiger partial charge in [-0.15, -0.1) is 0 Å². The molecule has 14 nitrogen and oxygen atoms in total. The molecule has 0 aliphatic carbocycles. The predicted octanol–water partition coefficient (Wildman–Crippen LogP) is 1.57. The van der Waals surface area contributed by atoms with Crippen molar-refractivity contribution in [2.24, 2.45) is 0 Å². The van der Waals surface area contributed by atoms with E-state index in [0.717, 1.165) is 0 Å². The van der Waals surface area contributed by atoms with Crippen LogP contribution in [0.2, 0.25) is 0 Å². The molecule has 2 fully saturated rings. The molecule has 0 spiro atoms. The number of nitrogen functional groups attached to an aromatic ring is 1. The maximum absolute atomic E-state index is 12.3. The van der Waals surface area contributed by atoms with Crippen LogP contribution in [0.3, 0.4) is 0 Å². The van der Waals surface area contributed by atoms with Crippen LogP contribution in [0.5, 0.6) is 0 Å². The molecule has 1 aromatic carbocycles. The van der Waals surface area contributed by atoms with Gasteiger partial charge in [0.25, 0.3) is 0 Å². The number of aromatic nitrogens is 3. The molecule has 5 rings (SSSR count). The molecule has 15 heteroatoms. The normalized spacial score (nSPS) is 26.4. The van der Waals surface area contributed by atoms with E-state index >= 15 is 0 Å². The van der Waals surface area contributed by atoms with E-state index in [-0.39, 0.29) is 36.9 Å². The number of ether oxygens (including phenoxy) is 3. The van der Waals surface area contributed by atoms with Gasteiger partial charge < -0.3 is 0 Å². The molecule has 4 atom stereocenters. The summed E-state index contributed by atoms with van der Waals surface area (Å²) in [5, 5.41) is 14.6. The Morgan fingerprint density at radius 3 is 2.87 bits per heavy atom. The van der Waals surface area contributed by atoms with Gasteiger partial charge in [-0.2, -0.15) is 0 Å². The summed E-state index contributed by atoms with van der Waals surface area (Å²) in [4.78, 5) is 39.6. The molecule has 2 aliphatic heterocycles. The van der Waals surface area contributed by atoms with E-state index in [1.165, 1.54) is 17.8 Å². The average Bonchev–Trinajstić information content (AvgIpc) is 3.48. The van der Waals surface area contributed by atoms with Crippen LogP contribution < -0.4 is 5.73 Å². The van der Waals surface area contributed by atoms with Gasteiger partial charge in [0, 0.05) is 0 Å². The fraction of sp³-hybridized carbons (Fsp3) is 0.375. The second-order valence-corrected chi connectivity index (χ2v) is 10.6. The Bertz CT molecular complexity index is 1460. The molecule has 2 aromatic heterocycles. The SMILES string of the molecule is CCOC(=O)c1ccccc1CO[PH]1(O)OC[C@H]2O[C@@](C#N)(c3ccc4c(N)ncnn34)[C@H](OC(C)=O)[C@@H]2O1. The number of fused-ring (bicyclic) bond motifs is 2. The molecular weight excluding hydrogens is 533 g/mol. The Morgan fingerprint density at radius 1 is 1.33 bits per heavy atom. The molecule has 0 saturated carbocycles. The Morgan fingerprint density at radius 2 is 2.13 bits per heavy atom. The van der Waals surface area contributed by atoms with E-state index in [0.29, 0.717) is 11.1 Å². The Labute approximate surface area is 222 Å². The monoisotopic (exact) mass is 559 g/mol. The number of hydrogen-bond donors (Lipinski definition) is 2. The molecule has 206 valence electrons. The van der Waals surface area contributed by atoms with E-state index in [1.54, 1.807) is 43.3 Å². The van der Waals surface area contributed by atoms with Gasteiger partial charge in [0.15, 0.2) is 0 Å². The maximum atomic E-state index is 12.3. The number of esters is 2. The zero-order valence-electron chi connectivity index (χ0n) is 21.0. The van der Waals surface area contributed by atoms with Crippen LogP contribution in [0, 0.1) is 11.3 Å². The fourth-order valence-corrected chi connectivity index (χ4v) is 6.23. The van der Waals surface area contributed by atoms with Crippen molar-refractivity contribution in [2.75, 3.05) is 18.9 Å². The molecule has 39 heavy (non-hydrogen) atoms. The van der Waals surface area contributed by atoms with E-state index in [2.05, 4.69) is 16.2 Å². The summed E-state index contributed by atoms with van der Waals surface area (Å²) in [6.07, 6.45) is -2.17. The number of benzene rings is 1. The number of carbonyl (C=O) groups excluding carboxylic acids is 2. The molecule has 0 bridgehead atoms. The summed E-state index contributed by atoms with van der Waals surface area (Å²) in [5.74, 6) is -1.08. The van der Waals surface area contributed by atoms with Crippen molar-refractivity contribution in [1.82, 2.24) is 14.6 Å². The first-order valence-electron chi connectivity index (χ1n) is 12.0. The van der Waals surface area contributed by atoms with Crippen LogP contribution >= 0.6 is 8.17 Å². The van der Waals surface area contributed by atoms with Crippen molar-refractivity contribution in [2.45, 2.75) is 44.4 Å². The summed E-state index contributed by atoms with van der Waals surface area (Å²) in [6.45, 7) is 2.59. The van der Waals surface area contributed by atoms with Gasteiger partial charge in [0.2, 0.25) is 0 Å². The van der Waals surface area contributed by atoms with Gasteiger partial charge in [-0.1, -0.05) is 0 Å². The molecule has 2 saturated heterocycles.